The lowest BCUT2D eigenvalue weighted by molar-refractivity contribution is 0.0685. The number of para-hydroxylation sites is 1. The third-order valence-corrected chi connectivity index (χ3v) is 3.83. The minimum atomic E-state index is 0.331. The third kappa shape index (κ3) is 2.67. The number of aromatic nitrogens is 2. The van der Waals surface area contributed by atoms with Gasteiger partial charge in [-0.2, -0.15) is 4.98 Å². The van der Waals surface area contributed by atoms with Gasteiger partial charge in [-0.1, -0.05) is 12.1 Å². The molecule has 1 aromatic carbocycles. The van der Waals surface area contributed by atoms with E-state index >= 15 is 0 Å². The van der Waals surface area contributed by atoms with Crippen LogP contribution in [0.4, 0.5) is 11.8 Å². The van der Waals surface area contributed by atoms with E-state index in [1.807, 2.05) is 24.3 Å². The quantitative estimate of drug-likeness (QED) is 0.926. The van der Waals surface area contributed by atoms with Crippen molar-refractivity contribution in [3.8, 4) is 0 Å². The Hall–Kier alpha value is -1.88. The van der Waals surface area contributed by atoms with Crippen LogP contribution >= 0.6 is 0 Å². The molecule has 0 radical (unpaired) electrons. The number of ether oxygens (including phenoxy) is 1. The first-order valence-corrected chi connectivity index (χ1v) is 7.05. The molecule has 1 aromatic heterocycles. The number of hydrogen-bond acceptors (Lipinski definition) is 5. The average molecular weight is 272 g/mol. The first-order chi connectivity index (χ1) is 9.74. The molecule has 2 heterocycles. The molecule has 1 fully saturated rings. The van der Waals surface area contributed by atoms with E-state index in [9.17, 15) is 0 Å². The molecule has 1 aliphatic heterocycles. The fourth-order valence-corrected chi connectivity index (χ4v) is 2.77. The minimum absolute atomic E-state index is 0.331. The zero-order chi connectivity index (χ0) is 13.9. The van der Waals surface area contributed by atoms with Crippen molar-refractivity contribution in [3.05, 3.63) is 24.3 Å². The molecule has 0 amide bonds. The number of nitrogen functional groups attached to an aromatic ring is 1. The van der Waals surface area contributed by atoms with Gasteiger partial charge in [0.25, 0.3) is 0 Å². The van der Waals surface area contributed by atoms with Gasteiger partial charge >= 0.3 is 0 Å². The second-order valence-electron chi connectivity index (χ2n) is 5.36. The molecular weight excluding hydrogens is 252 g/mol. The van der Waals surface area contributed by atoms with Crippen LogP contribution in [0.25, 0.3) is 10.9 Å². The van der Waals surface area contributed by atoms with Crippen LogP contribution in [-0.4, -0.2) is 36.8 Å². The standard InChI is InChI=1S/C15H20N4O/c1-19(10-11-6-8-20-9-7-11)14-12-4-2-3-5-13(12)17-15(16)18-14/h2-5,11H,6-10H2,1H3,(H2,16,17,18). The number of nitrogens with zero attached hydrogens (tertiary/aromatic N) is 3. The Morgan fingerprint density at radius 1 is 1.25 bits per heavy atom. The van der Waals surface area contributed by atoms with Crippen LogP contribution in [0.1, 0.15) is 12.8 Å². The molecule has 1 saturated heterocycles. The highest BCUT2D eigenvalue weighted by atomic mass is 16.5. The molecule has 2 N–H and O–H groups in total. The third-order valence-electron chi connectivity index (χ3n) is 3.83. The lowest BCUT2D eigenvalue weighted by atomic mass is 10.00. The van der Waals surface area contributed by atoms with Crippen molar-refractivity contribution in [1.29, 1.82) is 0 Å². The van der Waals surface area contributed by atoms with E-state index in [4.69, 9.17) is 10.5 Å². The summed E-state index contributed by atoms with van der Waals surface area (Å²) in [6.07, 6.45) is 2.23. The Balaban J connectivity index is 1.88. The second-order valence-corrected chi connectivity index (χ2v) is 5.36. The van der Waals surface area contributed by atoms with Gasteiger partial charge < -0.3 is 15.4 Å². The molecule has 20 heavy (non-hydrogen) atoms. The van der Waals surface area contributed by atoms with Crippen LogP contribution in [0.3, 0.4) is 0 Å². The monoisotopic (exact) mass is 272 g/mol. The number of hydrogen-bond donors (Lipinski definition) is 1. The maximum Gasteiger partial charge on any atom is 0.222 e. The van der Waals surface area contributed by atoms with Crippen molar-refractivity contribution in [2.24, 2.45) is 5.92 Å². The fourth-order valence-electron chi connectivity index (χ4n) is 2.77. The van der Waals surface area contributed by atoms with Gasteiger partial charge in [0.1, 0.15) is 5.82 Å². The molecule has 106 valence electrons. The van der Waals surface area contributed by atoms with E-state index in [0.717, 1.165) is 49.3 Å². The topological polar surface area (TPSA) is 64.3 Å². The molecule has 5 nitrogen and oxygen atoms in total. The predicted octanol–water partition coefficient (Wildman–Crippen LogP) is 2.07. The largest absolute Gasteiger partial charge is 0.381 e. The number of fused-ring (bicyclic) bond motifs is 1. The van der Waals surface area contributed by atoms with E-state index in [-0.39, 0.29) is 0 Å². The summed E-state index contributed by atoms with van der Waals surface area (Å²) in [4.78, 5) is 10.9. The summed E-state index contributed by atoms with van der Waals surface area (Å²) in [6.45, 7) is 2.71. The van der Waals surface area contributed by atoms with Gasteiger partial charge in [-0.25, -0.2) is 4.98 Å². The van der Waals surface area contributed by atoms with Crippen LogP contribution in [0.2, 0.25) is 0 Å². The highest BCUT2D eigenvalue weighted by Crippen LogP contribution is 2.25. The SMILES string of the molecule is CN(CC1CCOCC1)c1nc(N)nc2ccccc12. The van der Waals surface area contributed by atoms with Crippen LogP contribution in [-0.2, 0) is 4.74 Å². The second kappa shape index (κ2) is 5.63. The van der Waals surface area contributed by atoms with Gasteiger partial charge in [-0.15, -0.1) is 0 Å². The van der Waals surface area contributed by atoms with E-state index in [2.05, 4.69) is 21.9 Å². The van der Waals surface area contributed by atoms with Gasteiger partial charge in [0.2, 0.25) is 5.95 Å². The molecule has 2 aromatic rings. The van der Waals surface area contributed by atoms with Gasteiger partial charge in [0.05, 0.1) is 5.52 Å². The Bertz CT molecular complexity index is 595. The number of nitrogens with two attached hydrogens (primary N) is 1. The van der Waals surface area contributed by atoms with Crippen molar-refractivity contribution >= 4 is 22.7 Å². The minimum Gasteiger partial charge on any atom is -0.381 e. The van der Waals surface area contributed by atoms with Crippen molar-refractivity contribution in [2.75, 3.05) is 37.4 Å². The van der Waals surface area contributed by atoms with Crippen LogP contribution in [0, 0.1) is 5.92 Å². The van der Waals surface area contributed by atoms with E-state index in [1.165, 1.54) is 0 Å². The normalized spacial score (nSPS) is 16.4. The van der Waals surface area contributed by atoms with Crippen LogP contribution < -0.4 is 10.6 Å². The Labute approximate surface area is 118 Å². The van der Waals surface area contributed by atoms with Gasteiger partial charge in [-0.05, 0) is 30.9 Å². The van der Waals surface area contributed by atoms with Crippen LogP contribution in [0.5, 0.6) is 0 Å². The van der Waals surface area contributed by atoms with Crippen LogP contribution in [0.15, 0.2) is 24.3 Å². The summed E-state index contributed by atoms with van der Waals surface area (Å²) >= 11 is 0. The summed E-state index contributed by atoms with van der Waals surface area (Å²) in [7, 11) is 2.07. The highest BCUT2D eigenvalue weighted by molar-refractivity contribution is 5.90. The molecule has 3 rings (SSSR count). The maximum atomic E-state index is 5.83. The summed E-state index contributed by atoms with van der Waals surface area (Å²) in [5.74, 6) is 1.90. The maximum absolute atomic E-state index is 5.83. The fraction of sp³-hybridized carbons (Fsp3) is 0.467. The summed E-state index contributed by atoms with van der Waals surface area (Å²) in [5.41, 5.74) is 6.72. The number of rotatable bonds is 3. The lowest BCUT2D eigenvalue weighted by Gasteiger charge is -2.28. The molecule has 0 unspecified atom stereocenters. The molecule has 5 heteroatoms. The van der Waals surface area contributed by atoms with Crippen molar-refractivity contribution in [1.82, 2.24) is 9.97 Å². The first kappa shape index (κ1) is 13.1. The van der Waals surface area contributed by atoms with Gasteiger partial charge in [0.15, 0.2) is 0 Å². The summed E-state index contributed by atoms with van der Waals surface area (Å²) in [6, 6.07) is 7.99. The zero-order valence-electron chi connectivity index (χ0n) is 11.7. The molecule has 0 atom stereocenters. The zero-order valence-corrected chi connectivity index (χ0v) is 11.7. The summed E-state index contributed by atoms with van der Waals surface area (Å²) < 4.78 is 5.41. The highest BCUT2D eigenvalue weighted by Gasteiger charge is 2.18. The molecule has 0 saturated carbocycles. The van der Waals surface area contributed by atoms with Crippen molar-refractivity contribution in [2.45, 2.75) is 12.8 Å². The summed E-state index contributed by atoms with van der Waals surface area (Å²) in [5, 5.41) is 1.05. The number of anilines is 2. The number of benzene rings is 1. The molecule has 0 bridgehead atoms. The first-order valence-electron chi connectivity index (χ1n) is 7.05. The Morgan fingerprint density at radius 3 is 2.80 bits per heavy atom. The van der Waals surface area contributed by atoms with Gasteiger partial charge in [-0.3, -0.25) is 0 Å². The average Bonchev–Trinajstić information content (AvgIpc) is 2.47. The molecule has 1 aliphatic rings. The predicted molar refractivity (Wildman–Crippen MR) is 80.8 cm³/mol. The smallest absolute Gasteiger partial charge is 0.222 e. The van der Waals surface area contributed by atoms with Crippen molar-refractivity contribution in [3.63, 3.8) is 0 Å². The van der Waals surface area contributed by atoms with Gasteiger partial charge in [0, 0.05) is 32.2 Å². The van der Waals surface area contributed by atoms with E-state index in [0.29, 0.717) is 11.9 Å². The molecule has 0 spiro atoms. The Kier molecular flexibility index (Phi) is 3.69. The molecule has 0 aliphatic carbocycles. The van der Waals surface area contributed by atoms with Crippen molar-refractivity contribution < 1.29 is 4.74 Å². The van der Waals surface area contributed by atoms with E-state index < -0.39 is 0 Å². The molecular formula is C15H20N4O. The lowest BCUT2D eigenvalue weighted by Crippen LogP contribution is -2.30. The Morgan fingerprint density at radius 2 is 2.00 bits per heavy atom. The van der Waals surface area contributed by atoms with E-state index in [1.54, 1.807) is 0 Å².